The van der Waals surface area contributed by atoms with E-state index in [0.717, 1.165) is 28.6 Å². The fourth-order valence-corrected chi connectivity index (χ4v) is 3.67. The Bertz CT molecular complexity index is 1130. The number of nitrogens with one attached hydrogen (secondary N) is 1. The molecule has 0 spiro atoms. The molecule has 1 aromatic heterocycles. The molecule has 3 aromatic carbocycles. The number of aromatic amines is 1. The Balaban J connectivity index is 1.56. The van der Waals surface area contributed by atoms with Gasteiger partial charge in [0.15, 0.2) is 6.10 Å². The van der Waals surface area contributed by atoms with Crippen LogP contribution in [0.4, 0.5) is 0 Å². The van der Waals surface area contributed by atoms with Crippen molar-refractivity contribution in [2.24, 2.45) is 0 Å². The predicted octanol–water partition coefficient (Wildman–Crippen LogP) is 4.94. The van der Waals surface area contributed by atoms with Crippen molar-refractivity contribution in [3.05, 3.63) is 83.6 Å². The van der Waals surface area contributed by atoms with Gasteiger partial charge in [-0.25, -0.2) is 4.79 Å². The van der Waals surface area contributed by atoms with E-state index in [2.05, 4.69) is 53.5 Å². The van der Waals surface area contributed by atoms with E-state index in [-0.39, 0.29) is 0 Å². The highest BCUT2D eigenvalue weighted by Crippen LogP contribution is 2.22. The summed E-state index contributed by atoms with van der Waals surface area (Å²) in [6.07, 6.45) is 0.383. The molecule has 4 heteroatoms. The fourth-order valence-electron chi connectivity index (χ4n) is 3.67. The minimum Gasteiger partial charge on any atom is -0.479 e. The Kier molecular flexibility index (Phi) is 5.13. The summed E-state index contributed by atoms with van der Waals surface area (Å²) in [6.45, 7) is 2.20. The zero-order chi connectivity index (χ0) is 19.5. The first-order valence-corrected chi connectivity index (χ1v) is 9.55. The lowest BCUT2D eigenvalue weighted by Gasteiger charge is -2.12. The Morgan fingerprint density at radius 3 is 2.50 bits per heavy atom. The lowest BCUT2D eigenvalue weighted by atomic mass is 10.0. The summed E-state index contributed by atoms with van der Waals surface area (Å²) < 4.78 is 5.33. The van der Waals surface area contributed by atoms with E-state index >= 15 is 0 Å². The average molecular weight is 373 g/mol. The normalized spacial score (nSPS) is 12.5. The lowest BCUT2D eigenvalue weighted by Crippen LogP contribution is -2.26. The molecule has 0 radical (unpaired) electrons. The van der Waals surface area contributed by atoms with Gasteiger partial charge in [0.2, 0.25) is 0 Å². The summed E-state index contributed by atoms with van der Waals surface area (Å²) in [5.74, 6) is -0.923. The lowest BCUT2D eigenvalue weighted by molar-refractivity contribution is -0.149. The molecule has 0 aliphatic heterocycles. The molecule has 0 fully saturated rings. The van der Waals surface area contributed by atoms with Gasteiger partial charge < -0.3 is 14.8 Å². The molecule has 1 heterocycles. The van der Waals surface area contributed by atoms with Crippen LogP contribution >= 0.6 is 0 Å². The highest BCUT2D eigenvalue weighted by Gasteiger charge is 2.18. The van der Waals surface area contributed by atoms with Gasteiger partial charge in [0.1, 0.15) is 0 Å². The van der Waals surface area contributed by atoms with E-state index in [1.54, 1.807) is 0 Å². The quantitative estimate of drug-likeness (QED) is 0.482. The van der Waals surface area contributed by atoms with Crippen LogP contribution in [-0.2, 0) is 22.4 Å². The first-order valence-electron chi connectivity index (χ1n) is 9.55. The van der Waals surface area contributed by atoms with Crippen LogP contribution in [0.25, 0.3) is 21.7 Å². The molecule has 4 rings (SSSR count). The van der Waals surface area contributed by atoms with Crippen LogP contribution < -0.4 is 0 Å². The van der Waals surface area contributed by atoms with Crippen LogP contribution in [0, 0.1) is 0 Å². The Morgan fingerprint density at radius 1 is 0.964 bits per heavy atom. The van der Waals surface area contributed by atoms with Gasteiger partial charge in [0.25, 0.3) is 0 Å². The van der Waals surface area contributed by atoms with Gasteiger partial charge in [-0.05, 0) is 52.4 Å². The second-order valence-electron chi connectivity index (χ2n) is 7.06. The Morgan fingerprint density at radius 2 is 1.71 bits per heavy atom. The van der Waals surface area contributed by atoms with Crippen molar-refractivity contribution in [1.29, 1.82) is 0 Å². The molecule has 0 aliphatic carbocycles. The van der Waals surface area contributed by atoms with Gasteiger partial charge in [-0.15, -0.1) is 0 Å². The van der Waals surface area contributed by atoms with Crippen molar-refractivity contribution in [3.63, 3.8) is 0 Å². The summed E-state index contributed by atoms with van der Waals surface area (Å²) in [6, 6.07) is 23.1. The van der Waals surface area contributed by atoms with E-state index in [1.807, 2.05) is 25.1 Å². The van der Waals surface area contributed by atoms with Crippen molar-refractivity contribution >= 4 is 27.6 Å². The second kappa shape index (κ2) is 7.87. The number of benzene rings is 3. The summed E-state index contributed by atoms with van der Waals surface area (Å²) in [5, 5.41) is 12.9. The number of carbonyl (C=O) groups is 1. The number of aliphatic carboxylic acids is 1. The highest BCUT2D eigenvalue weighted by molar-refractivity contribution is 5.84. The minimum absolute atomic E-state index is 0.365. The standard InChI is InChI=1S/C24H23NO3/c1-2-28-23(24(26)27)14-17-8-10-22-20(12-17)15-21(25-22)13-16-7-9-18-5-3-4-6-19(18)11-16/h3-12,15,23,25H,2,13-14H2,1H3,(H,26,27). The number of ether oxygens (including phenoxy) is 1. The van der Waals surface area contributed by atoms with Gasteiger partial charge >= 0.3 is 5.97 Å². The molecule has 0 saturated carbocycles. The molecular formula is C24H23NO3. The number of aromatic nitrogens is 1. The number of hydrogen-bond acceptors (Lipinski definition) is 2. The molecule has 2 N–H and O–H groups in total. The van der Waals surface area contributed by atoms with Crippen molar-refractivity contribution in [3.8, 4) is 0 Å². The monoisotopic (exact) mass is 373 g/mol. The van der Waals surface area contributed by atoms with E-state index in [4.69, 9.17) is 4.74 Å². The number of rotatable bonds is 7. The molecule has 4 aromatic rings. The van der Waals surface area contributed by atoms with Crippen molar-refractivity contribution in [2.45, 2.75) is 25.9 Å². The number of carboxylic acid groups (broad SMARTS) is 1. The molecule has 0 bridgehead atoms. The molecule has 1 unspecified atom stereocenters. The molecule has 0 aliphatic rings. The molecule has 0 amide bonds. The van der Waals surface area contributed by atoms with Gasteiger partial charge in [0.05, 0.1) is 0 Å². The molecule has 0 saturated heterocycles. The van der Waals surface area contributed by atoms with Crippen LogP contribution in [0.3, 0.4) is 0 Å². The molecule has 28 heavy (non-hydrogen) atoms. The SMILES string of the molecule is CCOC(Cc1ccc2[nH]c(Cc3ccc4ccccc4c3)cc2c1)C(=O)O. The van der Waals surface area contributed by atoms with Crippen LogP contribution in [0.5, 0.6) is 0 Å². The first kappa shape index (κ1) is 18.3. The zero-order valence-electron chi connectivity index (χ0n) is 15.8. The molecule has 1 atom stereocenters. The maximum Gasteiger partial charge on any atom is 0.333 e. The maximum atomic E-state index is 11.3. The summed E-state index contributed by atoms with van der Waals surface area (Å²) in [5.41, 5.74) is 4.42. The Hall–Kier alpha value is -3.11. The van der Waals surface area contributed by atoms with E-state index in [0.29, 0.717) is 13.0 Å². The van der Waals surface area contributed by atoms with Gasteiger partial charge in [-0.2, -0.15) is 0 Å². The Labute approximate surface area is 163 Å². The van der Waals surface area contributed by atoms with Gasteiger partial charge in [-0.3, -0.25) is 0 Å². The van der Waals surface area contributed by atoms with Gasteiger partial charge in [-0.1, -0.05) is 48.5 Å². The van der Waals surface area contributed by atoms with E-state index < -0.39 is 12.1 Å². The predicted molar refractivity (Wildman–Crippen MR) is 112 cm³/mol. The minimum atomic E-state index is -0.923. The summed E-state index contributed by atoms with van der Waals surface area (Å²) >= 11 is 0. The van der Waals surface area contributed by atoms with Crippen molar-refractivity contribution < 1.29 is 14.6 Å². The summed E-state index contributed by atoms with van der Waals surface area (Å²) in [7, 11) is 0. The largest absolute Gasteiger partial charge is 0.479 e. The number of H-pyrrole nitrogens is 1. The number of carboxylic acids is 1. The van der Waals surface area contributed by atoms with E-state index in [1.165, 1.54) is 16.3 Å². The number of hydrogen-bond donors (Lipinski definition) is 2. The van der Waals surface area contributed by atoms with Crippen molar-refractivity contribution in [1.82, 2.24) is 4.98 Å². The smallest absolute Gasteiger partial charge is 0.333 e. The fraction of sp³-hybridized carbons (Fsp3) is 0.208. The van der Waals surface area contributed by atoms with Crippen molar-refractivity contribution in [2.75, 3.05) is 6.61 Å². The molecular weight excluding hydrogens is 350 g/mol. The van der Waals surface area contributed by atoms with Gasteiger partial charge in [0, 0.05) is 30.7 Å². The third-order valence-electron chi connectivity index (χ3n) is 5.01. The maximum absolute atomic E-state index is 11.3. The average Bonchev–Trinajstić information content (AvgIpc) is 3.09. The van der Waals surface area contributed by atoms with Crippen LogP contribution in [0.2, 0.25) is 0 Å². The topological polar surface area (TPSA) is 62.3 Å². The number of fused-ring (bicyclic) bond motifs is 2. The first-order chi connectivity index (χ1) is 13.6. The van der Waals surface area contributed by atoms with Crippen LogP contribution in [-0.4, -0.2) is 28.8 Å². The van der Waals surface area contributed by atoms with Crippen LogP contribution in [0.15, 0.2) is 66.7 Å². The van der Waals surface area contributed by atoms with E-state index in [9.17, 15) is 9.90 Å². The third-order valence-corrected chi connectivity index (χ3v) is 5.01. The third kappa shape index (κ3) is 3.92. The second-order valence-corrected chi connectivity index (χ2v) is 7.06. The molecule has 142 valence electrons. The van der Waals surface area contributed by atoms with Crippen LogP contribution in [0.1, 0.15) is 23.7 Å². The molecule has 4 nitrogen and oxygen atoms in total. The highest BCUT2D eigenvalue weighted by atomic mass is 16.5. The summed E-state index contributed by atoms with van der Waals surface area (Å²) in [4.78, 5) is 14.8. The zero-order valence-corrected chi connectivity index (χ0v) is 15.8.